The molecule has 1 aliphatic heterocycles. The van der Waals surface area contributed by atoms with Crippen molar-refractivity contribution in [3.05, 3.63) is 0 Å². The highest BCUT2D eigenvalue weighted by Crippen LogP contribution is 2.03. The standard InChI is InChI=1S/C12H23IO6/c13-12-11-18-8-7-16-4-3-14-1-2-15-5-6-17-9-10-19-12/h12H,1-11H2. The average Bonchev–Trinajstić information content (AvgIpc) is 2.41. The van der Waals surface area contributed by atoms with E-state index in [2.05, 4.69) is 22.6 Å². The molecule has 0 saturated carbocycles. The van der Waals surface area contributed by atoms with Crippen LogP contribution in [0, 0.1) is 0 Å². The van der Waals surface area contributed by atoms with Crippen LogP contribution in [0.25, 0.3) is 0 Å². The number of ether oxygens (including phenoxy) is 6. The van der Waals surface area contributed by atoms with E-state index in [1.54, 1.807) is 0 Å². The van der Waals surface area contributed by atoms with E-state index in [0.29, 0.717) is 72.7 Å². The summed E-state index contributed by atoms with van der Waals surface area (Å²) in [5.74, 6) is 0. The molecule has 0 spiro atoms. The smallest absolute Gasteiger partial charge is 0.132 e. The lowest BCUT2D eigenvalue weighted by molar-refractivity contribution is -0.0367. The number of rotatable bonds is 0. The molecular formula is C12H23IO6. The van der Waals surface area contributed by atoms with Crippen molar-refractivity contribution in [1.29, 1.82) is 0 Å². The Labute approximate surface area is 128 Å². The molecule has 0 amide bonds. The second-order valence-corrected chi connectivity index (χ2v) is 5.19. The third-order valence-corrected chi connectivity index (χ3v) is 2.98. The van der Waals surface area contributed by atoms with Crippen LogP contribution >= 0.6 is 22.6 Å². The van der Waals surface area contributed by atoms with Crippen LogP contribution in [0.4, 0.5) is 0 Å². The van der Waals surface area contributed by atoms with Gasteiger partial charge in [0.15, 0.2) is 0 Å². The van der Waals surface area contributed by atoms with Gasteiger partial charge >= 0.3 is 0 Å². The molecule has 1 saturated heterocycles. The van der Waals surface area contributed by atoms with E-state index in [4.69, 9.17) is 28.4 Å². The molecule has 1 heterocycles. The maximum absolute atomic E-state index is 5.52. The van der Waals surface area contributed by atoms with E-state index in [0.717, 1.165) is 0 Å². The molecule has 1 aliphatic rings. The largest absolute Gasteiger partial charge is 0.377 e. The lowest BCUT2D eigenvalue weighted by Crippen LogP contribution is -2.19. The molecule has 1 rings (SSSR count). The molecule has 114 valence electrons. The van der Waals surface area contributed by atoms with Gasteiger partial charge in [0.1, 0.15) is 4.11 Å². The molecule has 1 atom stereocenters. The van der Waals surface area contributed by atoms with Gasteiger partial charge in [-0.25, -0.2) is 0 Å². The first-order chi connectivity index (χ1) is 9.39. The quantitative estimate of drug-likeness (QED) is 0.452. The van der Waals surface area contributed by atoms with Crippen LogP contribution < -0.4 is 0 Å². The highest BCUT2D eigenvalue weighted by Gasteiger charge is 2.04. The number of hydrogen-bond acceptors (Lipinski definition) is 6. The summed E-state index contributed by atoms with van der Waals surface area (Å²) in [5.41, 5.74) is 0. The fraction of sp³-hybridized carbons (Fsp3) is 1.00. The van der Waals surface area contributed by atoms with E-state index in [9.17, 15) is 0 Å². The first-order valence-corrected chi connectivity index (χ1v) is 7.78. The van der Waals surface area contributed by atoms with Crippen LogP contribution in [-0.2, 0) is 28.4 Å². The Morgan fingerprint density at radius 3 is 1.37 bits per heavy atom. The van der Waals surface area contributed by atoms with Crippen molar-refractivity contribution < 1.29 is 28.4 Å². The highest BCUT2D eigenvalue weighted by molar-refractivity contribution is 14.1. The molecule has 0 N–H and O–H groups in total. The fourth-order valence-corrected chi connectivity index (χ4v) is 1.85. The van der Waals surface area contributed by atoms with Crippen molar-refractivity contribution in [3.63, 3.8) is 0 Å². The van der Waals surface area contributed by atoms with Crippen LogP contribution in [0.1, 0.15) is 0 Å². The number of halogens is 1. The van der Waals surface area contributed by atoms with E-state index in [1.807, 2.05) is 0 Å². The van der Waals surface area contributed by atoms with E-state index in [1.165, 1.54) is 0 Å². The topological polar surface area (TPSA) is 55.4 Å². The molecular weight excluding hydrogens is 367 g/mol. The molecule has 1 fully saturated rings. The highest BCUT2D eigenvalue weighted by atomic mass is 127. The first-order valence-electron chi connectivity index (χ1n) is 6.54. The minimum Gasteiger partial charge on any atom is -0.377 e. The zero-order valence-corrected chi connectivity index (χ0v) is 13.3. The van der Waals surface area contributed by atoms with Crippen molar-refractivity contribution in [2.45, 2.75) is 4.11 Å². The molecule has 0 aromatic rings. The predicted octanol–water partition coefficient (Wildman–Crippen LogP) is 0.861. The summed E-state index contributed by atoms with van der Waals surface area (Å²) in [6.07, 6.45) is 0. The van der Waals surface area contributed by atoms with Crippen molar-refractivity contribution in [2.75, 3.05) is 72.7 Å². The third kappa shape index (κ3) is 12.0. The number of hydrogen-bond donors (Lipinski definition) is 0. The molecule has 0 radical (unpaired) electrons. The zero-order chi connectivity index (χ0) is 13.6. The number of alkyl halides is 1. The maximum Gasteiger partial charge on any atom is 0.132 e. The van der Waals surface area contributed by atoms with Gasteiger partial charge in [0.05, 0.1) is 72.7 Å². The fourth-order valence-electron chi connectivity index (χ4n) is 1.34. The van der Waals surface area contributed by atoms with E-state index < -0.39 is 0 Å². The molecule has 7 heteroatoms. The van der Waals surface area contributed by atoms with E-state index in [-0.39, 0.29) is 4.11 Å². The third-order valence-electron chi connectivity index (χ3n) is 2.26. The minimum atomic E-state index is 0.0414. The summed E-state index contributed by atoms with van der Waals surface area (Å²) < 4.78 is 32.4. The minimum absolute atomic E-state index is 0.0414. The van der Waals surface area contributed by atoms with Gasteiger partial charge < -0.3 is 28.4 Å². The molecule has 0 bridgehead atoms. The van der Waals surface area contributed by atoms with Gasteiger partial charge in [0.2, 0.25) is 0 Å². The molecule has 0 aromatic carbocycles. The molecule has 1 unspecified atom stereocenters. The van der Waals surface area contributed by atoms with Crippen LogP contribution in [-0.4, -0.2) is 76.8 Å². The predicted molar refractivity (Wildman–Crippen MR) is 77.9 cm³/mol. The Hall–Kier alpha value is 0.490. The lowest BCUT2D eigenvalue weighted by atomic mass is 10.6. The van der Waals surface area contributed by atoms with Gasteiger partial charge in [-0.2, -0.15) is 0 Å². The zero-order valence-electron chi connectivity index (χ0n) is 11.2. The molecule has 0 aromatic heterocycles. The first kappa shape index (κ1) is 17.5. The van der Waals surface area contributed by atoms with Gasteiger partial charge in [-0.05, 0) is 22.6 Å². The Morgan fingerprint density at radius 1 is 0.526 bits per heavy atom. The normalized spacial score (nSPS) is 27.3. The van der Waals surface area contributed by atoms with Gasteiger partial charge in [-0.1, -0.05) is 0 Å². The summed E-state index contributed by atoms with van der Waals surface area (Å²) in [7, 11) is 0. The van der Waals surface area contributed by atoms with Gasteiger partial charge in [0.25, 0.3) is 0 Å². The maximum atomic E-state index is 5.52. The second kappa shape index (κ2) is 13.5. The van der Waals surface area contributed by atoms with Crippen LogP contribution in [0.3, 0.4) is 0 Å². The van der Waals surface area contributed by atoms with Gasteiger partial charge in [-0.3, -0.25) is 0 Å². The summed E-state index contributed by atoms with van der Waals surface area (Å²) in [6.45, 7) is 6.33. The summed E-state index contributed by atoms with van der Waals surface area (Å²) in [6, 6.07) is 0. The van der Waals surface area contributed by atoms with Crippen LogP contribution in [0.2, 0.25) is 0 Å². The Kier molecular flexibility index (Phi) is 12.4. The molecule has 19 heavy (non-hydrogen) atoms. The monoisotopic (exact) mass is 390 g/mol. The Bertz CT molecular complexity index is 177. The van der Waals surface area contributed by atoms with Crippen molar-refractivity contribution in [3.8, 4) is 0 Å². The van der Waals surface area contributed by atoms with E-state index >= 15 is 0 Å². The average molecular weight is 390 g/mol. The van der Waals surface area contributed by atoms with Crippen LogP contribution in [0.5, 0.6) is 0 Å². The lowest BCUT2D eigenvalue weighted by Gasteiger charge is -2.13. The van der Waals surface area contributed by atoms with Gasteiger partial charge in [-0.15, -0.1) is 0 Å². The molecule has 0 aliphatic carbocycles. The Balaban J connectivity index is 2.08. The van der Waals surface area contributed by atoms with Gasteiger partial charge in [0, 0.05) is 0 Å². The summed E-state index contributed by atoms with van der Waals surface area (Å²) >= 11 is 2.21. The Morgan fingerprint density at radius 2 is 0.895 bits per heavy atom. The van der Waals surface area contributed by atoms with Crippen LogP contribution in [0.15, 0.2) is 0 Å². The van der Waals surface area contributed by atoms with Crippen molar-refractivity contribution in [1.82, 2.24) is 0 Å². The summed E-state index contributed by atoms with van der Waals surface area (Å²) in [5, 5.41) is 0. The molecule has 6 nitrogen and oxygen atoms in total. The SMILES string of the molecule is IC1COCCOCCOCCOCCOCCO1. The van der Waals surface area contributed by atoms with Crippen molar-refractivity contribution >= 4 is 22.6 Å². The second-order valence-electron chi connectivity index (χ2n) is 3.81. The van der Waals surface area contributed by atoms with Crippen molar-refractivity contribution in [2.24, 2.45) is 0 Å². The summed E-state index contributed by atoms with van der Waals surface area (Å²) in [4.78, 5) is 0.